The quantitative estimate of drug-likeness (QED) is 0.914. The lowest BCUT2D eigenvalue weighted by molar-refractivity contribution is 0.305. The van der Waals surface area contributed by atoms with Gasteiger partial charge in [-0.15, -0.1) is 0 Å². The summed E-state index contributed by atoms with van der Waals surface area (Å²) in [6, 6.07) is 6.48. The molecular formula is C14H16N2O3S. The Kier molecular flexibility index (Phi) is 3.35. The molecule has 2 aromatic rings. The van der Waals surface area contributed by atoms with Gasteiger partial charge in [0.25, 0.3) is 0 Å². The van der Waals surface area contributed by atoms with Crippen LogP contribution in [-0.4, -0.2) is 20.0 Å². The molecule has 106 valence electrons. The third kappa shape index (κ3) is 2.76. The summed E-state index contributed by atoms with van der Waals surface area (Å²) in [6.45, 7) is 0.630. The maximum atomic E-state index is 11.6. The molecule has 5 nitrogen and oxygen atoms in total. The van der Waals surface area contributed by atoms with Crippen LogP contribution in [0.25, 0.3) is 10.9 Å². The van der Waals surface area contributed by atoms with Crippen molar-refractivity contribution < 1.29 is 13.2 Å². The number of hydrogen-bond donors (Lipinski definition) is 1. The van der Waals surface area contributed by atoms with Gasteiger partial charge in [-0.1, -0.05) is 12.8 Å². The monoisotopic (exact) mass is 292 g/mol. The fourth-order valence-corrected chi connectivity index (χ4v) is 2.96. The normalized spacial score (nSPS) is 15.4. The number of rotatable bonds is 5. The van der Waals surface area contributed by atoms with Crippen LogP contribution >= 0.6 is 0 Å². The number of nitrogens with zero attached hydrogens (tertiary/aromatic N) is 1. The lowest BCUT2D eigenvalue weighted by Crippen LogP contribution is -2.13. The lowest BCUT2D eigenvalue weighted by atomic mass is 10.2. The van der Waals surface area contributed by atoms with E-state index in [0.717, 1.165) is 12.3 Å². The minimum Gasteiger partial charge on any atom is -0.491 e. The summed E-state index contributed by atoms with van der Waals surface area (Å²) in [7, 11) is -3.77. The fraction of sp³-hybridized carbons (Fsp3) is 0.357. The molecule has 2 N–H and O–H groups in total. The second kappa shape index (κ2) is 5.03. The Hall–Kier alpha value is -1.66. The van der Waals surface area contributed by atoms with E-state index in [9.17, 15) is 8.42 Å². The Morgan fingerprint density at radius 3 is 2.80 bits per heavy atom. The topological polar surface area (TPSA) is 82.3 Å². The smallest absolute Gasteiger partial charge is 0.238 e. The van der Waals surface area contributed by atoms with E-state index in [1.165, 1.54) is 18.9 Å². The Morgan fingerprint density at radius 2 is 2.10 bits per heavy atom. The first kappa shape index (κ1) is 13.3. The van der Waals surface area contributed by atoms with Crippen LogP contribution in [0.2, 0.25) is 0 Å². The van der Waals surface area contributed by atoms with Gasteiger partial charge in [-0.05, 0) is 36.6 Å². The molecule has 1 aromatic carbocycles. The first-order chi connectivity index (χ1) is 9.55. The molecule has 0 saturated heterocycles. The molecule has 0 radical (unpaired) electrons. The number of primary sulfonamides is 1. The van der Waals surface area contributed by atoms with Gasteiger partial charge in [0.05, 0.1) is 11.5 Å². The second-order valence-electron chi connectivity index (χ2n) is 5.09. The number of benzene rings is 1. The van der Waals surface area contributed by atoms with Crippen LogP contribution in [0.1, 0.15) is 19.3 Å². The predicted molar refractivity (Wildman–Crippen MR) is 76.0 cm³/mol. The Labute approximate surface area is 117 Å². The first-order valence-corrected chi connectivity index (χ1v) is 8.13. The van der Waals surface area contributed by atoms with Crippen LogP contribution in [0.15, 0.2) is 35.4 Å². The van der Waals surface area contributed by atoms with Crippen molar-refractivity contribution in [2.24, 2.45) is 11.1 Å². The van der Waals surface area contributed by atoms with Crippen molar-refractivity contribution in [3.8, 4) is 5.75 Å². The maximum absolute atomic E-state index is 11.6. The van der Waals surface area contributed by atoms with E-state index in [0.29, 0.717) is 23.3 Å². The molecule has 0 bridgehead atoms. The zero-order chi connectivity index (χ0) is 14.2. The van der Waals surface area contributed by atoms with Crippen LogP contribution in [-0.2, 0) is 10.0 Å². The van der Waals surface area contributed by atoms with Gasteiger partial charge >= 0.3 is 0 Å². The second-order valence-corrected chi connectivity index (χ2v) is 6.62. The number of hydrogen-bond acceptors (Lipinski definition) is 4. The fourth-order valence-electron chi connectivity index (χ4n) is 2.23. The van der Waals surface area contributed by atoms with Gasteiger partial charge in [-0.2, -0.15) is 0 Å². The van der Waals surface area contributed by atoms with E-state index in [4.69, 9.17) is 9.88 Å². The Balaban J connectivity index is 1.97. The van der Waals surface area contributed by atoms with Crippen LogP contribution in [0.4, 0.5) is 0 Å². The largest absolute Gasteiger partial charge is 0.491 e. The Bertz CT molecular complexity index is 739. The highest BCUT2D eigenvalue weighted by atomic mass is 32.2. The Morgan fingerprint density at radius 1 is 1.30 bits per heavy atom. The van der Waals surface area contributed by atoms with Gasteiger partial charge in [0.15, 0.2) is 0 Å². The average molecular weight is 292 g/mol. The third-order valence-electron chi connectivity index (χ3n) is 3.48. The third-order valence-corrected chi connectivity index (χ3v) is 4.45. The van der Waals surface area contributed by atoms with Crippen molar-refractivity contribution in [3.05, 3.63) is 30.5 Å². The zero-order valence-corrected chi connectivity index (χ0v) is 11.8. The van der Waals surface area contributed by atoms with Crippen LogP contribution in [0, 0.1) is 5.92 Å². The molecule has 1 heterocycles. The van der Waals surface area contributed by atoms with E-state index < -0.39 is 10.0 Å². The van der Waals surface area contributed by atoms with Crippen LogP contribution in [0.3, 0.4) is 0 Å². The summed E-state index contributed by atoms with van der Waals surface area (Å²) in [6.07, 6.45) is 5.22. The molecule has 1 aliphatic carbocycles. The maximum Gasteiger partial charge on any atom is 0.238 e. The highest BCUT2D eigenvalue weighted by molar-refractivity contribution is 7.89. The highest BCUT2D eigenvalue weighted by Gasteiger charge is 2.21. The van der Waals surface area contributed by atoms with Crippen molar-refractivity contribution in [1.82, 2.24) is 4.98 Å². The van der Waals surface area contributed by atoms with E-state index in [1.54, 1.807) is 24.4 Å². The van der Waals surface area contributed by atoms with Gasteiger partial charge in [-0.3, -0.25) is 4.98 Å². The van der Waals surface area contributed by atoms with Gasteiger partial charge in [0.1, 0.15) is 11.3 Å². The minimum absolute atomic E-state index is 0.0788. The molecule has 0 aliphatic heterocycles. The predicted octanol–water partition coefficient (Wildman–Crippen LogP) is 2.06. The van der Waals surface area contributed by atoms with E-state index in [1.807, 2.05) is 0 Å². The van der Waals surface area contributed by atoms with Gasteiger partial charge in [-0.25, -0.2) is 13.6 Å². The van der Waals surface area contributed by atoms with Gasteiger partial charge in [0.2, 0.25) is 10.0 Å². The summed E-state index contributed by atoms with van der Waals surface area (Å²) in [5.41, 5.74) is 0.537. The van der Waals surface area contributed by atoms with E-state index in [-0.39, 0.29) is 4.90 Å². The van der Waals surface area contributed by atoms with E-state index in [2.05, 4.69) is 4.98 Å². The standard InChI is InChI=1S/C14H16N2O3S/c15-20(17,18)13-6-5-12(19-9-7-10-3-4-10)14-11(13)2-1-8-16-14/h1-2,5-6,8,10H,3-4,7,9H2,(H2,15,17,18). The molecule has 1 saturated carbocycles. The van der Waals surface area contributed by atoms with Gasteiger partial charge in [0, 0.05) is 11.6 Å². The molecular weight excluding hydrogens is 276 g/mol. The zero-order valence-electron chi connectivity index (χ0n) is 11.0. The molecule has 1 aromatic heterocycles. The number of sulfonamides is 1. The average Bonchev–Trinajstić information content (AvgIpc) is 3.21. The van der Waals surface area contributed by atoms with Crippen molar-refractivity contribution in [3.63, 3.8) is 0 Å². The molecule has 3 rings (SSSR count). The van der Waals surface area contributed by atoms with E-state index >= 15 is 0 Å². The molecule has 0 atom stereocenters. The van der Waals surface area contributed by atoms with Crippen molar-refractivity contribution in [2.75, 3.05) is 6.61 Å². The van der Waals surface area contributed by atoms with Gasteiger partial charge < -0.3 is 4.74 Å². The summed E-state index contributed by atoms with van der Waals surface area (Å²) >= 11 is 0. The molecule has 0 spiro atoms. The molecule has 0 unspecified atom stereocenters. The summed E-state index contributed by atoms with van der Waals surface area (Å²) in [5.74, 6) is 1.39. The lowest BCUT2D eigenvalue weighted by Gasteiger charge is -2.10. The number of ether oxygens (including phenoxy) is 1. The van der Waals surface area contributed by atoms with Crippen molar-refractivity contribution in [1.29, 1.82) is 0 Å². The van der Waals surface area contributed by atoms with Crippen molar-refractivity contribution >= 4 is 20.9 Å². The summed E-state index contributed by atoms with van der Waals surface area (Å²) in [4.78, 5) is 4.30. The molecule has 0 amide bonds. The van der Waals surface area contributed by atoms with Crippen molar-refractivity contribution in [2.45, 2.75) is 24.2 Å². The summed E-state index contributed by atoms with van der Waals surface area (Å²) < 4.78 is 28.9. The molecule has 20 heavy (non-hydrogen) atoms. The summed E-state index contributed by atoms with van der Waals surface area (Å²) in [5, 5.41) is 5.72. The van der Waals surface area contributed by atoms with Crippen LogP contribution in [0.5, 0.6) is 5.75 Å². The molecule has 6 heteroatoms. The molecule has 1 fully saturated rings. The highest BCUT2D eigenvalue weighted by Crippen LogP contribution is 2.33. The van der Waals surface area contributed by atoms with Crippen LogP contribution < -0.4 is 9.88 Å². The number of fused-ring (bicyclic) bond motifs is 1. The first-order valence-electron chi connectivity index (χ1n) is 6.59. The number of nitrogens with two attached hydrogens (primary N) is 1. The number of pyridine rings is 1. The molecule has 1 aliphatic rings. The minimum atomic E-state index is -3.77. The number of aromatic nitrogens is 1. The SMILES string of the molecule is NS(=O)(=O)c1ccc(OCCC2CC2)c2ncccc12.